The summed E-state index contributed by atoms with van der Waals surface area (Å²) in [5.41, 5.74) is 10.8. The van der Waals surface area contributed by atoms with Crippen LogP contribution in [0.1, 0.15) is 35.3 Å². The van der Waals surface area contributed by atoms with Crippen LogP contribution in [0.2, 0.25) is 0 Å². The number of rotatable bonds is 2. The second-order valence-corrected chi connectivity index (χ2v) is 4.61. The number of aryl methyl sites for hydroxylation is 1. The molecule has 1 aromatic heterocycles. The molecule has 0 radical (unpaired) electrons. The number of aromatic nitrogens is 1. The van der Waals surface area contributed by atoms with Crippen molar-refractivity contribution in [1.82, 2.24) is 21.4 Å². The molecule has 0 bridgehead atoms. The Hall–Kier alpha value is -1.07. The van der Waals surface area contributed by atoms with Crippen molar-refractivity contribution >= 4 is 17.0 Å². The number of nitrogens with one attached hydrogen (secondary N) is 3. The maximum Gasteiger partial charge on any atom is 0.142 e. The first-order chi connectivity index (χ1) is 6.68. The first-order valence-electron chi connectivity index (χ1n) is 4.63. The van der Waals surface area contributed by atoms with E-state index >= 15 is 0 Å². The third-order valence-electron chi connectivity index (χ3n) is 2.07. The van der Waals surface area contributed by atoms with E-state index in [9.17, 15) is 0 Å². The largest absolute Gasteiger partial charge is 0.309 e. The molecule has 0 aliphatic carbocycles. The van der Waals surface area contributed by atoms with Gasteiger partial charge in [0, 0.05) is 11.1 Å². The molecule has 1 aliphatic heterocycles. The monoisotopic (exact) mass is 210 g/mol. The summed E-state index contributed by atoms with van der Waals surface area (Å²) >= 11 is 1.74. The van der Waals surface area contributed by atoms with Crippen LogP contribution >= 0.6 is 11.3 Å². The zero-order chi connectivity index (χ0) is 10.1. The fourth-order valence-corrected chi connectivity index (χ4v) is 2.46. The lowest BCUT2D eigenvalue weighted by Crippen LogP contribution is -2.31. The predicted octanol–water partition coefficient (Wildman–Crippen LogP) is 1.49. The van der Waals surface area contributed by atoms with Gasteiger partial charge in [0.05, 0.1) is 5.69 Å². The topological polar surface area (TPSA) is 49.0 Å². The summed E-state index contributed by atoms with van der Waals surface area (Å²) in [5, 5.41) is 1.03. The minimum Gasteiger partial charge on any atom is -0.309 e. The number of nitrogens with zero attached hydrogens (tertiary/aromatic N) is 1. The Balaban J connectivity index is 2.32. The molecule has 0 fully saturated rings. The van der Waals surface area contributed by atoms with Gasteiger partial charge in [0.15, 0.2) is 0 Å². The Morgan fingerprint density at radius 2 is 2.21 bits per heavy atom. The van der Waals surface area contributed by atoms with Crippen LogP contribution in [0.4, 0.5) is 0 Å². The van der Waals surface area contributed by atoms with Gasteiger partial charge in [0.2, 0.25) is 0 Å². The zero-order valence-corrected chi connectivity index (χ0v) is 9.33. The minimum atomic E-state index is 0.546. The molecular formula is C9H14N4S. The highest BCUT2D eigenvalue weighted by Gasteiger charge is 2.15. The molecule has 14 heavy (non-hydrogen) atoms. The van der Waals surface area contributed by atoms with Gasteiger partial charge in [0.25, 0.3) is 0 Å². The summed E-state index contributed by atoms with van der Waals surface area (Å²) in [5.74, 6) is 0.546. The molecule has 1 aliphatic rings. The SMILES string of the molecule is Cc1nc(C2=CNNN2)sc1C(C)C. The third kappa shape index (κ3) is 1.60. The standard InChI is InChI=1S/C9H14N4S/c1-5(2)8-6(3)11-9(14-8)7-4-10-13-12-7/h4-5,10,12-13H,1-3H3. The van der Waals surface area contributed by atoms with Crippen LogP contribution in [0.25, 0.3) is 5.70 Å². The second kappa shape index (κ2) is 3.59. The summed E-state index contributed by atoms with van der Waals surface area (Å²) in [7, 11) is 0. The van der Waals surface area contributed by atoms with Crippen molar-refractivity contribution in [2.24, 2.45) is 0 Å². The maximum absolute atomic E-state index is 4.52. The predicted molar refractivity (Wildman–Crippen MR) is 58.3 cm³/mol. The Morgan fingerprint density at radius 3 is 2.71 bits per heavy atom. The van der Waals surface area contributed by atoms with Crippen molar-refractivity contribution < 1.29 is 0 Å². The van der Waals surface area contributed by atoms with Gasteiger partial charge >= 0.3 is 0 Å². The average Bonchev–Trinajstić information content (AvgIpc) is 2.70. The number of hydrogen-bond donors (Lipinski definition) is 3. The molecule has 1 aromatic rings. The summed E-state index contributed by atoms with van der Waals surface area (Å²) < 4.78 is 0. The highest BCUT2D eigenvalue weighted by Crippen LogP contribution is 2.28. The van der Waals surface area contributed by atoms with Gasteiger partial charge in [-0.25, -0.2) is 4.98 Å². The minimum absolute atomic E-state index is 0.546. The molecule has 2 heterocycles. The van der Waals surface area contributed by atoms with Crippen molar-refractivity contribution in [3.63, 3.8) is 0 Å². The van der Waals surface area contributed by atoms with E-state index in [1.807, 2.05) is 6.20 Å². The van der Waals surface area contributed by atoms with Gasteiger partial charge in [-0.3, -0.25) is 5.43 Å². The molecule has 4 nitrogen and oxygen atoms in total. The molecule has 0 spiro atoms. The number of hydrazine groups is 2. The zero-order valence-electron chi connectivity index (χ0n) is 8.51. The molecule has 5 heteroatoms. The molecule has 0 aromatic carbocycles. The molecular weight excluding hydrogens is 196 g/mol. The maximum atomic E-state index is 4.52. The normalized spacial score (nSPS) is 15.3. The summed E-state index contributed by atoms with van der Waals surface area (Å²) in [6.07, 6.45) is 1.88. The van der Waals surface area contributed by atoms with Gasteiger partial charge in [-0.2, -0.15) is 5.53 Å². The molecule has 0 atom stereocenters. The van der Waals surface area contributed by atoms with Crippen LogP contribution in [-0.4, -0.2) is 4.98 Å². The highest BCUT2D eigenvalue weighted by atomic mass is 32.1. The molecule has 0 saturated carbocycles. The number of thiazole rings is 1. The quantitative estimate of drug-likeness (QED) is 0.692. The van der Waals surface area contributed by atoms with Gasteiger partial charge in [-0.1, -0.05) is 13.8 Å². The fourth-order valence-electron chi connectivity index (χ4n) is 1.42. The number of hydrogen-bond acceptors (Lipinski definition) is 5. The first kappa shape index (κ1) is 9.48. The van der Waals surface area contributed by atoms with E-state index in [1.165, 1.54) is 4.88 Å². The Morgan fingerprint density at radius 1 is 1.43 bits per heavy atom. The Labute approximate surface area is 87.4 Å². The van der Waals surface area contributed by atoms with E-state index in [-0.39, 0.29) is 0 Å². The van der Waals surface area contributed by atoms with Crippen LogP contribution in [0.15, 0.2) is 6.20 Å². The van der Waals surface area contributed by atoms with E-state index in [2.05, 4.69) is 42.1 Å². The van der Waals surface area contributed by atoms with Crippen LogP contribution in [0.3, 0.4) is 0 Å². The van der Waals surface area contributed by atoms with Crippen molar-refractivity contribution in [2.45, 2.75) is 26.7 Å². The van der Waals surface area contributed by atoms with Crippen LogP contribution in [0.5, 0.6) is 0 Å². The molecule has 2 rings (SSSR count). The lowest BCUT2D eigenvalue weighted by atomic mass is 10.1. The van der Waals surface area contributed by atoms with Crippen LogP contribution < -0.4 is 16.4 Å². The Kier molecular flexibility index (Phi) is 2.43. The van der Waals surface area contributed by atoms with Gasteiger partial charge < -0.3 is 5.43 Å². The summed E-state index contributed by atoms with van der Waals surface area (Å²) in [6.45, 7) is 6.44. The van der Waals surface area contributed by atoms with E-state index in [0.717, 1.165) is 16.4 Å². The van der Waals surface area contributed by atoms with E-state index < -0.39 is 0 Å². The van der Waals surface area contributed by atoms with Crippen molar-refractivity contribution in [3.8, 4) is 0 Å². The lowest BCUT2D eigenvalue weighted by Gasteiger charge is -1.99. The molecule has 0 saturated heterocycles. The van der Waals surface area contributed by atoms with Crippen molar-refractivity contribution in [1.29, 1.82) is 0 Å². The van der Waals surface area contributed by atoms with Gasteiger partial charge in [-0.05, 0) is 12.8 Å². The van der Waals surface area contributed by atoms with Gasteiger partial charge in [-0.15, -0.1) is 11.3 Å². The smallest absolute Gasteiger partial charge is 0.142 e. The van der Waals surface area contributed by atoms with E-state index in [4.69, 9.17) is 0 Å². The van der Waals surface area contributed by atoms with Gasteiger partial charge in [0.1, 0.15) is 10.7 Å². The molecule has 76 valence electrons. The molecule has 0 unspecified atom stereocenters. The van der Waals surface area contributed by atoms with Crippen molar-refractivity contribution in [3.05, 3.63) is 21.8 Å². The van der Waals surface area contributed by atoms with E-state index in [0.29, 0.717) is 5.92 Å². The molecule has 3 N–H and O–H groups in total. The summed E-state index contributed by atoms with van der Waals surface area (Å²) in [4.78, 5) is 5.88. The highest BCUT2D eigenvalue weighted by molar-refractivity contribution is 7.12. The fraction of sp³-hybridized carbons (Fsp3) is 0.444. The van der Waals surface area contributed by atoms with Crippen LogP contribution in [-0.2, 0) is 0 Å². The van der Waals surface area contributed by atoms with E-state index in [1.54, 1.807) is 11.3 Å². The third-order valence-corrected chi connectivity index (χ3v) is 3.56. The van der Waals surface area contributed by atoms with Crippen molar-refractivity contribution in [2.75, 3.05) is 0 Å². The first-order valence-corrected chi connectivity index (χ1v) is 5.44. The molecule has 0 amide bonds. The summed E-state index contributed by atoms with van der Waals surface area (Å²) in [6, 6.07) is 0. The average molecular weight is 210 g/mol. The Bertz CT molecular complexity index is 367. The van der Waals surface area contributed by atoms with Crippen LogP contribution in [0, 0.1) is 6.92 Å². The second-order valence-electron chi connectivity index (χ2n) is 3.58. The lowest BCUT2D eigenvalue weighted by molar-refractivity contribution is 0.620.